The summed E-state index contributed by atoms with van der Waals surface area (Å²) in [5.41, 5.74) is 7.50. The normalized spacial score (nSPS) is 31.1. The standard InChI is InChI=1S/C15H22N2OS/c1-10-11-7-9-19-14(11)6-8-17(10)15(18)12-4-2-3-5-13(12)16/h7,9-10,12-13H,2-6,8,16H2,1H3. The molecule has 3 nitrogen and oxygen atoms in total. The molecular weight excluding hydrogens is 256 g/mol. The van der Waals surface area contributed by atoms with Crippen molar-refractivity contribution in [3.8, 4) is 0 Å². The summed E-state index contributed by atoms with van der Waals surface area (Å²) in [6.45, 7) is 3.01. The van der Waals surface area contributed by atoms with Crippen LogP contribution in [0.15, 0.2) is 11.4 Å². The minimum atomic E-state index is 0.0522. The lowest BCUT2D eigenvalue weighted by atomic mass is 9.83. The van der Waals surface area contributed by atoms with Crippen molar-refractivity contribution in [3.05, 3.63) is 21.9 Å². The molecule has 104 valence electrons. The lowest BCUT2D eigenvalue weighted by Crippen LogP contribution is -2.48. The SMILES string of the molecule is CC1c2ccsc2CCN1C(=O)C1CCCCC1N. The van der Waals surface area contributed by atoms with E-state index in [1.54, 1.807) is 0 Å². The second-order valence-electron chi connectivity index (χ2n) is 5.81. The van der Waals surface area contributed by atoms with Crippen molar-refractivity contribution < 1.29 is 4.79 Å². The average Bonchev–Trinajstić information content (AvgIpc) is 2.88. The summed E-state index contributed by atoms with van der Waals surface area (Å²) < 4.78 is 0. The van der Waals surface area contributed by atoms with E-state index in [4.69, 9.17) is 5.73 Å². The third-order valence-corrected chi connectivity index (χ3v) is 5.69. The summed E-state index contributed by atoms with van der Waals surface area (Å²) in [4.78, 5) is 16.3. The first-order valence-electron chi connectivity index (χ1n) is 7.31. The highest BCUT2D eigenvalue weighted by molar-refractivity contribution is 7.10. The molecule has 3 rings (SSSR count). The van der Waals surface area contributed by atoms with Gasteiger partial charge in [0.2, 0.25) is 5.91 Å². The van der Waals surface area contributed by atoms with Crippen LogP contribution < -0.4 is 5.73 Å². The number of nitrogens with two attached hydrogens (primary N) is 1. The molecule has 1 aromatic heterocycles. The summed E-state index contributed by atoms with van der Waals surface area (Å²) in [7, 11) is 0. The van der Waals surface area contributed by atoms with E-state index >= 15 is 0 Å². The highest BCUT2D eigenvalue weighted by atomic mass is 32.1. The Bertz CT molecular complexity index is 470. The van der Waals surface area contributed by atoms with Crippen LogP contribution in [0.5, 0.6) is 0 Å². The molecule has 2 aliphatic rings. The molecule has 19 heavy (non-hydrogen) atoms. The topological polar surface area (TPSA) is 46.3 Å². The van der Waals surface area contributed by atoms with E-state index in [0.717, 1.165) is 32.2 Å². The van der Waals surface area contributed by atoms with Crippen LogP contribution in [0.4, 0.5) is 0 Å². The van der Waals surface area contributed by atoms with Gasteiger partial charge in [0.25, 0.3) is 0 Å². The number of carbonyl (C=O) groups excluding carboxylic acids is 1. The third-order valence-electron chi connectivity index (χ3n) is 4.70. The van der Waals surface area contributed by atoms with Crippen molar-refractivity contribution in [3.63, 3.8) is 0 Å². The van der Waals surface area contributed by atoms with Gasteiger partial charge in [-0.2, -0.15) is 0 Å². The lowest BCUT2D eigenvalue weighted by Gasteiger charge is -2.38. The second kappa shape index (κ2) is 5.25. The van der Waals surface area contributed by atoms with E-state index in [0.29, 0.717) is 0 Å². The van der Waals surface area contributed by atoms with Gasteiger partial charge in [0.1, 0.15) is 0 Å². The molecule has 1 fully saturated rings. The Morgan fingerprint density at radius 3 is 3.00 bits per heavy atom. The van der Waals surface area contributed by atoms with Crippen LogP contribution in [0.25, 0.3) is 0 Å². The van der Waals surface area contributed by atoms with Gasteiger partial charge in [-0.25, -0.2) is 0 Å². The molecule has 3 atom stereocenters. The zero-order valence-electron chi connectivity index (χ0n) is 11.5. The maximum Gasteiger partial charge on any atom is 0.227 e. The van der Waals surface area contributed by atoms with Crippen LogP contribution in [-0.4, -0.2) is 23.4 Å². The molecule has 1 aromatic rings. The molecule has 2 N–H and O–H groups in total. The predicted octanol–water partition coefficient (Wildman–Crippen LogP) is 2.71. The Morgan fingerprint density at radius 2 is 2.21 bits per heavy atom. The number of rotatable bonds is 1. The van der Waals surface area contributed by atoms with Crippen molar-refractivity contribution >= 4 is 17.2 Å². The van der Waals surface area contributed by atoms with E-state index in [9.17, 15) is 4.79 Å². The molecule has 3 unspecified atom stereocenters. The average molecular weight is 278 g/mol. The van der Waals surface area contributed by atoms with Gasteiger partial charge in [0.15, 0.2) is 0 Å². The first-order chi connectivity index (χ1) is 9.18. The molecule has 4 heteroatoms. The fourth-order valence-electron chi connectivity index (χ4n) is 3.49. The van der Waals surface area contributed by atoms with Gasteiger partial charge in [-0.3, -0.25) is 4.79 Å². The molecule has 1 aliphatic carbocycles. The van der Waals surface area contributed by atoms with Crippen LogP contribution in [-0.2, 0) is 11.2 Å². The number of fused-ring (bicyclic) bond motifs is 1. The van der Waals surface area contributed by atoms with Crippen LogP contribution in [0.2, 0.25) is 0 Å². The molecule has 1 aliphatic heterocycles. The molecule has 0 saturated heterocycles. The Labute approximate surface area is 118 Å². The summed E-state index contributed by atoms with van der Waals surface area (Å²) in [6.07, 6.45) is 5.30. The maximum atomic E-state index is 12.8. The second-order valence-corrected chi connectivity index (χ2v) is 6.81. The van der Waals surface area contributed by atoms with Crippen LogP contribution in [0.3, 0.4) is 0 Å². The molecule has 1 saturated carbocycles. The Balaban J connectivity index is 1.77. The van der Waals surface area contributed by atoms with Gasteiger partial charge in [0.05, 0.1) is 12.0 Å². The zero-order valence-corrected chi connectivity index (χ0v) is 12.3. The highest BCUT2D eigenvalue weighted by Gasteiger charge is 2.35. The quantitative estimate of drug-likeness (QED) is 0.858. The first-order valence-corrected chi connectivity index (χ1v) is 8.19. The van der Waals surface area contributed by atoms with Gasteiger partial charge in [0, 0.05) is 17.5 Å². The van der Waals surface area contributed by atoms with Gasteiger partial charge < -0.3 is 10.6 Å². The van der Waals surface area contributed by atoms with E-state index in [1.807, 2.05) is 11.3 Å². The Kier molecular flexibility index (Phi) is 3.63. The van der Waals surface area contributed by atoms with Crippen LogP contribution >= 0.6 is 11.3 Å². The maximum absolute atomic E-state index is 12.8. The van der Waals surface area contributed by atoms with Crippen LogP contribution in [0, 0.1) is 5.92 Å². The molecule has 2 heterocycles. The summed E-state index contributed by atoms with van der Waals surface area (Å²) in [5, 5.41) is 2.14. The molecular formula is C15H22N2OS. The molecule has 0 radical (unpaired) electrons. The molecule has 0 spiro atoms. The zero-order chi connectivity index (χ0) is 13.4. The number of hydrogen-bond acceptors (Lipinski definition) is 3. The van der Waals surface area contributed by atoms with Crippen molar-refractivity contribution in [1.82, 2.24) is 4.90 Å². The number of thiophene rings is 1. The highest BCUT2D eigenvalue weighted by Crippen LogP contribution is 2.35. The lowest BCUT2D eigenvalue weighted by molar-refractivity contribution is -0.139. The fraction of sp³-hybridized carbons (Fsp3) is 0.667. The van der Waals surface area contributed by atoms with E-state index in [-0.39, 0.29) is 23.9 Å². The van der Waals surface area contributed by atoms with Crippen molar-refractivity contribution in [1.29, 1.82) is 0 Å². The van der Waals surface area contributed by atoms with E-state index in [1.165, 1.54) is 16.9 Å². The number of carbonyl (C=O) groups is 1. The van der Waals surface area contributed by atoms with E-state index in [2.05, 4.69) is 23.3 Å². The minimum absolute atomic E-state index is 0.0522. The van der Waals surface area contributed by atoms with Gasteiger partial charge in [-0.05, 0) is 43.2 Å². The Hall–Kier alpha value is -0.870. The van der Waals surface area contributed by atoms with Crippen molar-refractivity contribution in [2.45, 2.75) is 51.1 Å². The number of amides is 1. The largest absolute Gasteiger partial charge is 0.335 e. The summed E-state index contributed by atoms with van der Waals surface area (Å²) >= 11 is 1.82. The monoisotopic (exact) mass is 278 g/mol. The smallest absolute Gasteiger partial charge is 0.227 e. The van der Waals surface area contributed by atoms with Crippen molar-refractivity contribution in [2.24, 2.45) is 11.7 Å². The summed E-state index contributed by atoms with van der Waals surface area (Å²) in [6, 6.07) is 2.46. The molecule has 0 aromatic carbocycles. The number of hydrogen-bond donors (Lipinski definition) is 1. The summed E-state index contributed by atoms with van der Waals surface area (Å²) in [5.74, 6) is 0.341. The van der Waals surface area contributed by atoms with Crippen LogP contribution in [0.1, 0.15) is 49.1 Å². The van der Waals surface area contributed by atoms with Gasteiger partial charge >= 0.3 is 0 Å². The molecule has 1 amide bonds. The predicted molar refractivity (Wildman–Crippen MR) is 78.1 cm³/mol. The van der Waals surface area contributed by atoms with Gasteiger partial charge in [-0.15, -0.1) is 11.3 Å². The van der Waals surface area contributed by atoms with E-state index < -0.39 is 0 Å². The molecule has 0 bridgehead atoms. The third kappa shape index (κ3) is 2.32. The fourth-order valence-corrected chi connectivity index (χ4v) is 4.45. The number of nitrogens with zero attached hydrogens (tertiary/aromatic N) is 1. The van der Waals surface area contributed by atoms with Gasteiger partial charge in [-0.1, -0.05) is 12.8 Å². The Morgan fingerprint density at radius 1 is 1.42 bits per heavy atom. The van der Waals surface area contributed by atoms with Crippen molar-refractivity contribution in [2.75, 3.05) is 6.54 Å². The first kappa shape index (κ1) is 13.1. The minimum Gasteiger partial charge on any atom is -0.335 e.